The van der Waals surface area contributed by atoms with Crippen molar-refractivity contribution in [1.82, 2.24) is 25.1 Å². The van der Waals surface area contributed by atoms with Crippen molar-refractivity contribution in [3.63, 3.8) is 0 Å². The van der Waals surface area contributed by atoms with E-state index in [-0.39, 0.29) is 53.1 Å². The summed E-state index contributed by atoms with van der Waals surface area (Å²) in [4.78, 5) is 76.0. The number of nitrogens with two attached hydrogens (primary N) is 1. The number of anilines is 2. The van der Waals surface area contributed by atoms with Crippen LogP contribution in [-0.2, 0) is 17.9 Å². The Hall–Kier alpha value is -5.65. The lowest BCUT2D eigenvalue weighted by Gasteiger charge is -2.33. The van der Waals surface area contributed by atoms with Gasteiger partial charge in [-0.25, -0.2) is 18.4 Å². The second-order valence-electron chi connectivity index (χ2n) is 14.2. The molecule has 4 aromatic rings. The largest absolute Gasteiger partial charge is 0.344 e. The van der Waals surface area contributed by atoms with Crippen LogP contribution in [-0.4, -0.2) is 95.0 Å². The third-order valence-electron chi connectivity index (χ3n) is 9.89. The molecule has 13 nitrogen and oxygen atoms in total. The SMILES string of the molecule is NCC(=O)c1ccc(CN(C(=O)N2CCCCC2)c2ccc(F)c(Cl)c2)nc1.O=C(CNC(=O)C(F)F)c1ccc(CN(C(=O)N2CCCCC2)c2ccc(F)c(Cl)c2)nc1. The van der Waals surface area contributed by atoms with E-state index in [1.54, 1.807) is 21.9 Å². The topological polar surface area (TPSA) is 162 Å². The second-order valence-corrected chi connectivity index (χ2v) is 15.0. The van der Waals surface area contributed by atoms with Gasteiger partial charge in [0.25, 0.3) is 5.91 Å². The molecule has 324 valence electrons. The molecule has 4 heterocycles. The van der Waals surface area contributed by atoms with Gasteiger partial charge in [0.2, 0.25) is 0 Å². The fraction of sp³-hybridized carbons (Fsp3) is 0.357. The number of amides is 5. The number of hydrogen-bond donors (Lipinski definition) is 2. The summed E-state index contributed by atoms with van der Waals surface area (Å²) in [5.41, 5.74) is 7.83. The first-order valence-electron chi connectivity index (χ1n) is 19.5. The molecule has 0 radical (unpaired) electrons. The van der Waals surface area contributed by atoms with Gasteiger partial charge in [-0.3, -0.25) is 34.2 Å². The molecular formula is C42H44Cl2F4N8O5. The molecule has 3 N–H and O–H groups in total. The highest BCUT2D eigenvalue weighted by molar-refractivity contribution is 6.31. The molecule has 0 saturated carbocycles. The molecule has 2 aromatic carbocycles. The fourth-order valence-electron chi connectivity index (χ4n) is 6.51. The Morgan fingerprint density at radius 1 is 0.656 bits per heavy atom. The smallest absolute Gasteiger partial charge is 0.324 e. The molecule has 2 aromatic heterocycles. The van der Waals surface area contributed by atoms with E-state index in [2.05, 4.69) is 9.97 Å². The highest BCUT2D eigenvalue weighted by atomic mass is 35.5. The minimum Gasteiger partial charge on any atom is -0.344 e. The van der Waals surface area contributed by atoms with Crippen molar-refractivity contribution in [2.45, 2.75) is 58.0 Å². The van der Waals surface area contributed by atoms with Gasteiger partial charge in [-0.1, -0.05) is 23.2 Å². The van der Waals surface area contributed by atoms with Gasteiger partial charge in [0.05, 0.1) is 47.6 Å². The minimum absolute atomic E-state index is 0.0356. The van der Waals surface area contributed by atoms with Crippen molar-refractivity contribution < 1.29 is 41.5 Å². The van der Waals surface area contributed by atoms with Crippen LogP contribution in [0.2, 0.25) is 10.0 Å². The predicted molar refractivity (Wildman–Crippen MR) is 222 cm³/mol. The molecule has 0 atom stereocenters. The van der Waals surface area contributed by atoms with Crippen LogP contribution in [0.15, 0.2) is 73.1 Å². The number of rotatable bonds is 12. The van der Waals surface area contributed by atoms with Crippen molar-refractivity contribution in [3.8, 4) is 0 Å². The molecule has 5 amide bonds. The van der Waals surface area contributed by atoms with Gasteiger partial charge in [0, 0.05) is 61.1 Å². The first-order valence-corrected chi connectivity index (χ1v) is 20.3. The zero-order valence-corrected chi connectivity index (χ0v) is 34.5. The molecule has 0 aliphatic carbocycles. The lowest BCUT2D eigenvalue weighted by molar-refractivity contribution is -0.131. The van der Waals surface area contributed by atoms with Gasteiger partial charge >= 0.3 is 18.5 Å². The number of urea groups is 2. The number of carbonyl (C=O) groups is 5. The van der Waals surface area contributed by atoms with Gasteiger partial charge in [0.15, 0.2) is 11.6 Å². The first kappa shape index (κ1) is 46.4. The Morgan fingerprint density at radius 3 is 1.44 bits per heavy atom. The highest BCUT2D eigenvalue weighted by Crippen LogP contribution is 2.28. The first-order chi connectivity index (χ1) is 29.2. The maximum Gasteiger partial charge on any atom is 0.324 e. The fourth-order valence-corrected chi connectivity index (χ4v) is 6.86. The molecule has 19 heteroatoms. The van der Waals surface area contributed by atoms with E-state index in [9.17, 15) is 41.5 Å². The van der Waals surface area contributed by atoms with E-state index < -0.39 is 36.3 Å². The predicted octanol–water partition coefficient (Wildman–Crippen LogP) is 7.68. The Bertz CT molecular complexity index is 2170. The lowest BCUT2D eigenvalue weighted by Crippen LogP contribution is -2.45. The van der Waals surface area contributed by atoms with Gasteiger partial charge in [-0.15, -0.1) is 0 Å². The summed E-state index contributed by atoms with van der Waals surface area (Å²) in [5, 5.41) is 1.67. The molecule has 2 aliphatic heterocycles. The lowest BCUT2D eigenvalue weighted by atomic mass is 10.1. The van der Waals surface area contributed by atoms with E-state index >= 15 is 0 Å². The second kappa shape index (κ2) is 22.3. The molecule has 2 fully saturated rings. The number of ketones is 2. The van der Waals surface area contributed by atoms with Crippen molar-refractivity contribution >= 4 is 64.1 Å². The summed E-state index contributed by atoms with van der Waals surface area (Å²) in [6, 6.07) is 14.0. The summed E-state index contributed by atoms with van der Waals surface area (Å²) in [6.07, 6.45) is 5.32. The van der Waals surface area contributed by atoms with E-state index in [0.29, 0.717) is 54.5 Å². The van der Waals surface area contributed by atoms with Crippen molar-refractivity contribution in [2.24, 2.45) is 5.73 Å². The number of nitrogens with zero attached hydrogens (tertiary/aromatic N) is 6. The Kier molecular flexibility index (Phi) is 16.9. The molecule has 2 saturated heterocycles. The zero-order valence-electron chi connectivity index (χ0n) is 33.0. The van der Waals surface area contributed by atoms with Crippen molar-refractivity contribution in [3.05, 3.63) is 117 Å². The van der Waals surface area contributed by atoms with Gasteiger partial charge in [-0.2, -0.15) is 8.78 Å². The molecule has 6 rings (SSSR count). The van der Waals surface area contributed by atoms with Crippen LogP contribution in [0.4, 0.5) is 38.5 Å². The molecule has 61 heavy (non-hydrogen) atoms. The summed E-state index contributed by atoms with van der Waals surface area (Å²) in [7, 11) is 0. The van der Waals surface area contributed by atoms with Crippen LogP contribution in [0.5, 0.6) is 0 Å². The van der Waals surface area contributed by atoms with E-state index in [0.717, 1.165) is 38.5 Å². The summed E-state index contributed by atoms with van der Waals surface area (Å²) in [6.45, 7) is 2.11. The van der Waals surface area contributed by atoms with Crippen molar-refractivity contribution in [2.75, 3.05) is 49.1 Å². The third kappa shape index (κ3) is 12.9. The van der Waals surface area contributed by atoms with Crippen LogP contribution >= 0.6 is 23.2 Å². The number of benzene rings is 2. The van der Waals surface area contributed by atoms with Crippen LogP contribution in [0.3, 0.4) is 0 Å². The minimum atomic E-state index is -3.21. The number of hydrogen-bond acceptors (Lipinski definition) is 8. The molecule has 0 spiro atoms. The standard InChI is InChI=1S/C22H22ClF3N4O3.C20H22ClFN4O2/c23-17-10-16(6-7-18(17)24)30(22(33)29-8-2-1-3-9-29)13-15-5-4-14(11-27-15)19(31)12-28-21(32)20(25)26;21-17-10-16(6-7-18(17)22)26(20(28)25-8-2-1-3-9-25)13-15-5-4-14(12-24-15)19(27)11-23/h4-7,10-11,20H,1-3,8-9,12-13H2,(H,28,32);4-7,10,12H,1-3,8-9,11,13,23H2. The monoisotopic (exact) mass is 886 g/mol. The number of piperidine rings is 2. The van der Waals surface area contributed by atoms with Gasteiger partial charge in [0.1, 0.15) is 11.6 Å². The van der Waals surface area contributed by atoms with Gasteiger partial charge in [-0.05, 0) is 99.2 Å². The number of halogens is 6. The Balaban J connectivity index is 0.000000234. The number of aromatic nitrogens is 2. The van der Waals surface area contributed by atoms with Gasteiger partial charge < -0.3 is 20.9 Å². The molecule has 0 bridgehead atoms. The number of pyridine rings is 2. The maximum absolute atomic E-state index is 13.7. The highest BCUT2D eigenvalue weighted by Gasteiger charge is 2.27. The van der Waals surface area contributed by atoms with Crippen LogP contribution < -0.4 is 20.9 Å². The third-order valence-corrected chi connectivity index (χ3v) is 10.5. The molecular weight excluding hydrogens is 843 g/mol. The maximum atomic E-state index is 13.7. The normalized spacial score (nSPS) is 13.8. The average molecular weight is 888 g/mol. The average Bonchev–Trinajstić information content (AvgIpc) is 3.28. The summed E-state index contributed by atoms with van der Waals surface area (Å²) in [5.74, 6) is -3.47. The van der Waals surface area contributed by atoms with E-state index in [4.69, 9.17) is 28.9 Å². The van der Waals surface area contributed by atoms with E-state index in [1.165, 1.54) is 70.7 Å². The quantitative estimate of drug-likeness (QED) is 0.108. The van der Waals surface area contributed by atoms with E-state index in [1.807, 2.05) is 5.32 Å². The zero-order chi connectivity index (χ0) is 44.1. The number of alkyl halides is 2. The molecule has 2 aliphatic rings. The number of carbonyl (C=O) groups excluding carboxylic acids is 5. The Morgan fingerprint density at radius 2 is 1.08 bits per heavy atom. The summed E-state index contributed by atoms with van der Waals surface area (Å²) < 4.78 is 51.7. The summed E-state index contributed by atoms with van der Waals surface area (Å²) >= 11 is 11.9. The van der Waals surface area contributed by atoms with Crippen molar-refractivity contribution in [1.29, 1.82) is 0 Å². The number of likely N-dealkylation sites (tertiary alicyclic amines) is 2. The number of nitrogens with one attached hydrogen (secondary N) is 1. The number of Topliss-reactive ketones (excluding diaryl/α,β-unsaturated/α-hetero) is 2. The van der Waals surface area contributed by atoms with Crippen LogP contribution in [0, 0.1) is 11.6 Å². The van der Waals surface area contributed by atoms with Crippen LogP contribution in [0.25, 0.3) is 0 Å². The van der Waals surface area contributed by atoms with Crippen LogP contribution in [0.1, 0.15) is 70.6 Å². The molecule has 0 unspecified atom stereocenters. The Labute approximate surface area is 359 Å².